The zero-order valence-electron chi connectivity index (χ0n) is 19.8. The highest BCUT2D eigenvalue weighted by Crippen LogP contribution is 2.39. The van der Waals surface area contributed by atoms with Crippen LogP contribution in [0.25, 0.3) is 0 Å². The molecule has 1 aromatic heterocycles. The number of thioether (sulfide) groups is 1. The Kier molecular flexibility index (Phi) is 8.28. The lowest BCUT2D eigenvalue weighted by atomic mass is 9.94. The van der Waals surface area contributed by atoms with Gasteiger partial charge in [0, 0.05) is 28.8 Å². The van der Waals surface area contributed by atoms with E-state index in [0.29, 0.717) is 34.6 Å². The third-order valence-electron chi connectivity index (χ3n) is 6.02. The Morgan fingerprint density at radius 2 is 1.97 bits per heavy atom. The predicted octanol–water partition coefficient (Wildman–Crippen LogP) is 5.49. The molecule has 0 radical (unpaired) electrons. The Balaban J connectivity index is 1.56. The molecule has 4 rings (SSSR count). The van der Waals surface area contributed by atoms with Crippen molar-refractivity contribution < 1.29 is 28.9 Å². The molecule has 0 amide bonds. The van der Waals surface area contributed by atoms with Gasteiger partial charge in [-0.3, -0.25) is 0 Å². The Morgan fingerprint density at radius 3 is 2.63 bits per heavy atom. The number of benzene rings is 1. The highest BCUT2D eigenvalue weighted by atomic mass is 35.5. The minimum Gasteiger partial charge on any atom is -0.476 e. The summed E-state index contributed by atoms with van der Waals surface area (Å²) in [5.74, 6) is 0.591. The van der Waals surface area contributed by atoms with Crippen molar-refractivity contribution in [2.75, 3.05) is 13.4 Å². The van der Waals surface area contributed by atoms with Crippen LogP contribution in [0.4, 0.5) is 0 Å². The number of halogens is 1. The molecule has 35 heavy (non-hydrogen) atoms. The lowest BCUT2D eigenvalue weighted by molar-refractivity contribution is -0.137. The second-order valence-electron chi connectivity index (χ2n) is 8.49. The zero-order chi connectivity index (χ0) is 24.9. The number of carboxylic acid groups (broad SMARTS) is 1. The number of carbonyl (C=O) groups is 2. The third kappa shape index (κ3) is 5.95. The third-order valence-corrected chi connectivity index (χ3v) is 7.69. The van der Waals surface area contributed by atoms with Gasteiger partial charge in [-0.05, 0) is 50.7 Å². The number of aromatic nitrogens is 2. The number of esters is 1. The van der Waals surface area contributed by atoms with Crippen LogP contribution in [-0.4, -0.2) is 45.2 Å². The molecule has 0 atom stereocenters. The number of aromatic carboxylic acids is 1. The van der Waals surface area contributed by atoms with Gasteiger partial charge in [-0.2, -0.15) is 0 Å². The quantitative estimate of drug-likeness (QED) is 0.342. The van der Waals surface area contributed by atoms with E-state index in [0.717, 1.165) is 49.1 Å². The Bertz CT molecular complexity index is 1140. The van der Waals surface area contributed by atoms with Crippen LogP contribution in [0.1, 0.15) is 67.8 Å². The molecule has 0 bridgehead atoms. The molecule has 0 saturated heterocycles. The Labute approximate surface area is 213 Å². The minimum absolute atomic E-state index is 0.139. The number of allylic oxidation sites excluding steroid dienone is 1. The van der Waals surface area contributed by atoms with E-state index in [-0.39, 0.29) is 30.3 Å². The van der Waals surface area contributed by atoms with E-state index < -0.39 is 5.97 Å². The first-order chi connectivity index (χ1) is 16.9. The molecule has 2 aromatic rings. The number of imidazole rings is 1. The molecule has 1 fully saturated rings. The van der Waals surface area contributed by atoms with Gasteiger partial charge in [0.25, 0.3) is 0 Å². The summed E-state index contributed by atoms with van der Waals surface area (Å²) < 4.78 is 17.6. The van der Waals surface area contributed by atoms with Crippen LogP contribution in [0.3, 0.4) is 0 Å². The summed E-state index contributed by atoms with van der Waals surface area (Å²) in [5.41, 5.74) is 2.00. The normalized spacial score (nSPS) is 16.9. The van der Waals surface area contributed by atoms with E-state index >= 15 is 0 Å². The van der Waals surface area contributed by atoms with Crippen molar-refractivity contribution in [3.05, 3.63) is 45.9 Å². The first kappa shape index (κ1) is 25.4. The molecule has 1 aliphatic carbocycles. The molecule has 188 valence electrons. The summed E-state index contributed by atoms with van der Waals surface area (Å²) >= 11 is 8.00. The van der Waals surface area contributed by atoms with Gasteiger partial charge in [-0.1, -0.05) is 24.1 Å². The van der Waals surface area contributed by atoms with Crippen LogP contribution in [-0.2, 0) is 22.5 Å². The lowest BCUT2D eigenvalue weighted by Crippen LogP contribution is -2.15. The van der Waals surface area contributed by atoms with Crippen LogP contribution in [0.15, 0.2) is 28.8 Å². The fraction of sp³-hybridized carbons (Fsp3) is 0.480. The molecule has 2 aliphatic rings. The SMILES string of the molecule is CCCc1nc(SC2CCC(=CC(=O)OCC)CC2)c(C(=O)O)n1Cc1cc2c(cc1Cl)OCO2. The summed E-state index contributed by atoms with van der Waals surface area (Å²) in [6.45, 7) is 4.60. The molecule has 10 heteroatoms. The van der Waals surface area contributed by atoms with Gasteiger partial charge < -0.3 is 23.9 Å². The topological polar surface area (TPSA) is 99.9 Å². The first-order valence-electron chi connectivity index (χ1n) is 11.8. The van der Waals surface area contributed by atoms with Crippen molar-refractivity contribution in [2.24, 2.45) is 0 Å². The van der Waals surface area contributed by atoms with Gasteiger partial charge in [0.1, 0.15) is 10.9 Å². The van der Waals surface area contributed by atoms with Crippen molar-refractivity contribution in [3.8, 4) is 11.5 Å². The van der Waals surface area contributed by atoms with E-state index in [2.05, 4.69) is 0 Å². The number of hydrogen-bond donors (Lipinski definition) is 1. The smallest absolute Gasteiger partial charge is 0.355 e. The molecule has 0 spiro atoms. The number of rotatable bonds is 9. The van der Waals surface area contributed by atoms with Crippen LogP contribution in [0.5, 0.6) is 11.5 Å². The average molecular weight is 521 g/mol. The number of aryl methyl sites for hydroxylation is 1. The monoisotopic (exact) mass is 520 g/mol. The van der Waals surface area contributed by atoms with Crippen molar-refractivity contribution in [3.63, 3.8) is 0 Å². The Hall–Kier alpha value is -2.65. The van der Waals surface area contributed by atoms with Crippen molar-refractivity contribution >= 4 is 35.3 Å². The van der Waals surface area contributed by atoms with Crippen molar-refractivity contribution in [1.29, 1.82) is 0 Å². The molecule has 1 aliphatic heterocycles. The number of hydrogen-bond acceptors (Lipinski definition) is 7. The molecular weight excluding hydrogens is 492 g/mol. The largest absolute Gasteiger partial charge is 0.476 e. The van der Waals surface area contributed by atoms with E-state index in [1.807, 2.05) is 6.92 Å². The van der Waals surface area contributed by atoms with Gasteiger partial charge in [-0.15, -0.1) is 11.8 Å². The molecule has 1 N–H and O–H groups in total. The number of carbonyl (C=O) groups excluding carboxylic acids is 1. The van der Waals surface area contributed by atoms with Crippen LogP contribution < -0.4 is 9.47 Å². The maximum Gasteiger partial charge on any atom is 0.355 e. The van der Waals surface area contributed by atoms with E-state index in [9.17, 15) is 14.7 Å². The molecule has 1 aromatic carbocycles. The molecule has 8 nitrogen and oxygen atoms in total. The van der Waals surface area contributed by atoms with Gasteiger partial charge >= 0.3 is 11.9 Å². The van der Waals surface area contributed by atoms with E-state index in [1.165, 1.54) is 11.8 Å². The summed E-state index contributed by atoms with van der Waals surface area (Å²) in [5, 5.41) is 11.4. The average Bonchev–Trinajstić information content (AvgIpc) is 3.40. The fourth-order valence-electron chi connectivity index (χ4n) is 4.33. The second kappa shape index (κ2) is 11.4. The maximum atomic E-state index is 12.4. The first-order valence-corrected chi connectivity index (χ1v) is 13.1. The summed E-state index contributed by atoms with van der Waals surface area (Å²) in [6.07, 6.45) is 6.34. The van der Waals surface area contributed by atoms with Crippen molar-refractivity contribution in [2.45, 2.75) is 69.2 Å². The Morgan fingerprint density at radius 1 is 1.26 bits per heavy atom. The number of fused-ring (bicyclic) bond motifs is 1. The standard InChI is InChI=1S/C25H29ClN2O6S/c1-3-5-21-27-24(35-17-8-6-15(7-9-17)10-22(29)32-4-2)23(25(30)31)28(21)13-16-11-19-20(12-18(16)26)34-14-33-19/h10-12,17H,3-9,13-14H2,1-2H3,(H,30,31). The lowest BCUT2D eigenvalue weighted by Gasteiger charge is -2.22. The van der Waals surface area contributed by atoms with Gasteiger partial charge in [0.05, 0.1) is 13.2 Å². The zero-order valence-corrected chi connectivity index (χ0v) is 21.4. The maximum absolute atomic E-state index is 12.4. The van der Waals surface area contributed by atoms with Crippen LogP contribution in [0, 0.1) is 0 Å². The molecule has 0 unspecified atom stereocenters. The molecule has 2 heterocycles. The molecular formula is C25H29ClN2O6S. The number of ether oxygens (including phenoxy) is 3. The minimum atomic E-state index is -1.02. The van der Waals surface area contributed by atoms with Gasteiger partial charge in [-0.25, -0.2) is 14.6 Å². The van der Waals surface area contributed by atoms with Crippen molar-refractivity contribution in [1.82, 2.24) is 9.55 Å². The molecule has 1 saturated carbocycles. The predicted molar refractivity (Wildman–Crippen MR) is 133 cm³/mol. The number of nitrogens with zero attached hydrogens (tertiary/aromatic N) is 2. The fourth-order valence-corrected chi connectivity index (χ4v) is 5.80. The highest BCUT2D eigenvalue weighted by Gasteiger charge is 2.28. The van der Waals surface area contributed by atoms with E-state index in [4.69, 9.17) is 30.8 Å². The summed E-state index contributed by atoms with van der Waals surface area (Å²) in [6, 6.07) is 3.51. The number of carboxylic acids is 1. The van der Waals surface area contributed by atoms with Gasteiger partial charge in [0.15, 0.2) is 17.2 Å². The highest BCUT2D eigenvalue weighted by molar-refractivity contribution is 7.99. The summed E-state index contributed by atoms with van der Waals surface area (Å²) in [7, 11) is 0. The summed E-state index contributed by atoms with van der Waals surface area (Å²) in [4.78, 5) is 28.9. The van der Waals surface area contributed by atoms with E-state index in [1.54, 1.807) is 29.7 Å². The van der Waals surface area contributed by atoms with Crippen LogP contribution in [0.2, 0.25) is 5.02 Å². The second-order valence-corrected chi connectivity index (χ2v) is 10.2. The van der Waals surface area contributed by atoms with Gasteiger partial charge in [0.2, 0.25) is 6.79 Å². The van der Waals surface area contributed by atoms with Crippen LogP contribution >= 0.6 is 23.4 Å².